The zero-order valence-electron chi connectivity index (χ0n) is 22.2. The first-order valence-electron chi connectivity index (χ1n) is 12.6. The number of anilines is 1. The molecule has 0 radical (unpaired) electrons. The first-order valence-corrected chi connectivity index (χ1v) is 12.6. The molecule has 4 aromatic carbocycles. The molecule has 0 heterocycles. The van der Waals surface area contributed by atoms with Gasteiger partial charge in [0.15, 0.2) is 0 Å². The van der Waals surface area contributed by atoms with Crippen LogP contribution in [0.3, 0.4) is 0 Å². The molecular weight excluding hydrogens is 495 g/mol. The Morgan fingerprint density at radius 2 is 1.62 bits per heavy atom. The first-order chi connectivity index (χ1) is 18.9. The van der Waals surface area contributed by atoms with Gasteiger partial charge in [-0.3, -0.25) is 9.59 Å². The molecule has 0 saturated heterocycles. The Hall–Kier alpha value is -4.65. The van der Waals surface area contributed by atoms with Crippen LogP contribution in [0.25, 0.3) is 0 Å². The average molecular weight is 527 g/mol. The van der Waals surface area contributed by atoms with E-state index in [9.17, 15) is 14.0 Å². The molecule has 0 aliphatic carbocycles. The highest BCUT2D eigenvalue weighted by atomic mass is 19.1. The molecule has 1 N–H and O–H groups in total. The van der Waals surface area contributed by atoms with Crippen molar-refractivity contribution in [2.75, 3.05) is 19.5 Å². The maximum atomic E-state index is 14.5. The summed E-state index contributed by atoms with van der Waals surface area (Å²) >= 11 is 0. The van der Waals surface area contributed by atoms with Crippen molar-refractivity contribution < 1.29 is 23.5 Å². The van der Waals surface area contributed by atoms with Gasteiger partial charge in [0.25, 0.3) is 5.91 Å². The molecule has 4 rings (SSSR count). The predicted molar refractivity (Wildman–Crippen MR) is 149 cm³/mol. The molecule has 1 atom stereocenters. The molecule has 7 heteroatoms. The number of ether oxygens (including phenoxy) is 2. The standard InChI is InChI=1S/C32H31FN2O4/c1-22-10-7-8-13-25(22)21-35(30(36)18-23-11-5-4-6-12-23)31(24-14-9-15-26(33)19-24)32(37)34-28-17-16-27(38-2)20-29(28)39-3/h4-17,19-20,31H,18,21H2,1-3H3,(H,34,37). The fourth-order valence-corrected chi connectivity index (χ4v) is 4.42. The maximum absolute atomic E-state index is 14.5. The molecule has 1 unspecified atom stereocenters. The number of rotatable bonds is 10. The molecule has 0 fully saturated rings. The zero-order chi connectivity index (χ0) is 27.8. The Kier molecular flexibility index (Phi) is 8.94. The second kappa shape index (κ2) is 12.7. The number of halogens is 1. The van der Waals surface area contributed by atoms with Crippen LogP contribution in [0, 0.1) is 12.7 Å². The zero-order valence-corrected chi connectivity index (χ0v) is 22.2. The topological polar surface area (TPSA) is 67.9 Å². The van der Waals surface area contributed by atoms with E-state index in [0.29, 0.717) is 22.7 Å². The van der Waals surface area contributed by atoms with Crippen molar-refractivity contribution in [3.8, 4) is 11.5 Å². The number of carbonyl (C=O) groups is 2. The molecular formula is C32H31FN2O4. The third-order valence-electron chi connectivity index (χ3n) is 6.51. The summed E-state index contributed by atoms with van der Waals surface area (Å²) < 4.78 is 25.2. The Morgan fingerprint density at radius 1 is 0.872 bits per heavy atom. The van der Waals surface area contributed by atoms with E-state index >= 15 is 0 Å². The van der Waals surface area contributed by atoms with Crippen molar-refractivity contribution in [2.24, 2.45) is 0 Å². The number of nitrogens with zero attached hydrogens (tertiary/aromatic N) is 1. The summed E-state index contributed by atoms with van der Waals surface area (Å²) in [5.41, 5.74) is 3.43. The van der Waals surface area contributed by atoms with Crippen molar-refractivity contribution in [1.82, 2.24) is 4.90 Å². The number of amides is 2. The monoisotopic (exact) mass is 526 g/mol. The van der Waals surface area contributed by atoms with Crippen molar-refractivity contribution in [3.63, 3.8) is 0 Å². The summed E-state index contributed by atoms with van der Waals surface area (Å²) in [6.07, 6.45) is 0.0810. The summed E-state index contributed by atoms with van der Waals surface area (Å²) in [6, 6.07) is 26.7. The van der Waals surface area contributed by atoms with E-state index in [1.807, 2.05) is 61.5 Å². The Morgan fingerprint density at radius 3 is 2.31 bits per heavy atom. The number of hydrogen-bond acceptors (Lipinski definition) is 4. The van der Waals surface area contributed by atoms with Gasteiger partial charge in [0.1, 0.15) is 23.4 Å². The SMILES string of the molecule is COc1ccc(NC(=O)C(c2cccc(F)c2)N(Cc2ccccc2C)C(=O)Cc2ccccc2)c(OC)c1. The van der Waals surface area contributed by atoms with Gasteiger partial charge >= 0.3 is 0 Å². The molecule has 200 valence electrons. The fraction of sp³-hybridized carbons (Fsp3) is 0.188. The van der Waals surface area contributed by atoms with Crippen molar-refractivity contribution in [1.29, 1.82) is 0 Å². The first kappa shape index (κ1) is 27.4. The molecule has 0 bridgehead atoms. The molecule has 0 aliphatic heterocycles. The van der Waals surface area contributed by atoms with Crippen molar-refractivity contribution >= 4 is 17.5 Å². The normalized spacial score (nSPS) is 11.4. The Balaban J connectivity index is 1.78. The second-order valence-electron chi connectivity index (χ2n) is 9.12. The lowest BCUT2D eigenvalue weighted by Crippen LogP contribution is -2.42. The summed E-state index contributed by atoms with van der Waals surface area (Å²) in [7, 11) is 3.02. The highest BCUT2D eigenvalue weighted by molar-refractivity contribution is 5.99. The number of carbonyl (C=O) groups excluding carboxylic acids is 2. The van der Waals surface area contributed by atoms with Crippen LogP contribution >= 0.6 is 0 Å². The quantitative estimate of drug-likeness (QED) is 0.271. The van der Waals surface area contributed by atoms with Crippen molar-refractivity contribution in [2.45, 2.75) is 25.9 Å². The molecule has 2 amide bonds. The minimum absolute atomic E-state index is 0.0810. The molecule has 0 aliphatic rings. The summed E-state index contributed by atoms with van der Waals surface area (Å²) in [5.74, 6) is -0.319. The Bertz CT molecular complexity index is 1440. The third-order valence-corrected chi connectivity index (χ3v) is 6.51. The van der Waals surface area contributed by atoms with Gasteiger partial charge in [-0.2, -0.15) is 0 Å². The molecule has 4 aromatic rings. The van der Waals surface area contributed by atoms with E-state index in [-0.39, 0.29) is 18.9 Å². The Labute approximate surface area is 228 Å². The van der Waals surface area contributed by atoms with Crippen LogP contribution in [0.15, 0.2) is 97.1 Å². The van der Waals surface area contributed by atoms with Gasteiger partial charge < -0.3 is 19.7 Å². The van der Waals surface area contributed by atoms with Crippen molar-refractivity contribution in [3.05, 3.63) is 125 Å². The van der Waals surface area contributed by atoms with E-state index in [0.717, 1.165) is 16.7 Å². The lowest BCUT2D eigenvalue weighted by atomic mass is 10.00. The van der Waals surface area contributed by atoms with Gasteiger partial charge in [0.05, 0.1) is 26.3 Å². The largest absolute Gasteiger partial charge is 0.497 e. The van der Waals surface area contributed by atoms with Gasteiger partial charge in [0.2, 0.25) is 5.91 Å². The van der Waals surface area contributed by atoms with E-state index in [1.54, 1.807) is 24.3 Å². The third kappa shape index (κ3) is 6.82. The predicted octanol–water partition coefficient (Wildman–Crippen LogP) is 6.10. The highest BCUT2D eigenvalue weighted by Gasteiger charge is 2.33. The molecule has 0 spiro atoms. The lowest BCUT2D eigenvalue weighted by Gasteiger charge is -2.32. The van der Waals surface area contributed by atoms with Crippen LogP contribution in [0.4, 0.5) is 10.1 Å². The molecule has 6 nitrogen and oxygen atoms in total. The summed E-state index contributed by atoms with van der Waals surface area (Å²) in [5, 5.41) is 2.89. The van der Waals surface area contributed by atoms with Gasteiger partial charge in [-0.1, -0.05) is 66.7 Å². The number of benzene rings is 4. The highest BCUT2D eigenvalue weighted by Crippen LogP contribution is 2.32. The van der Waals surface area contributed by atoms with Crippen LogP contribution in [0.2, 0.25) is 0 Å². The fourth-order valence-electron chi connectivity index (χ4n) is 4.42. The lowest BCUT2D eigenvalue weighted by molar-refractivity contribution is -0.139. The van der Waals surface area contributed by atoms with Gasteiger partial charge in [0, 0.05) is 12.6 Å². The minimum Gasteiger partial charge on any atom is -0.497 e. The van der Waals surface area contributed by atoms with E-state index in [4.69, 9.17) is 9.47 Å². The van der Waals surface area contributed by atoms with E-state index in [2.05, 4.69) is 5.32 Å². The number of aryl methyl sites for hydroxylation is 1. The number of methoxy groups -OCH3 is 2. The molecule has 0 aromatic heterocycles. The summed E-state index contributed by atoms with van der Waals surface area (Å²) in [4.78, 5) is 29.4. The second-order valence-corrected chi connectivity index (χ2v) is 9.12. The van der Waals surface area contributed by atoms with Gasteiger partial charge in [-0.25, -0.2) is 4.39 Å². The van der Waals surface area contributed by atoms with Crippen LogP contribution in [-0.2, 0) is 22.6 Å². The van der Waals surface area contributed by atoms with E-state index < -0.39 is 17.8 Å². The minimum atomic E-state index is -1.12. The van der Waals surface area contributed by atoms with E-state index in [1.165, 1.54) is 37.3 Å². The number of hydrogen-bond donors (Lipinski definition) is 1. The number of nitrogens with one attached hydrogen (secondary N) is 1. The van der Waals surface area contributed by atoms with Crippen LogP contribution in [0.1, 0.15) is 28.3 Å². The summed E-state index contributed by atoms with van der Waals surface area (Å²) in [6.45, 7) is 2.11. The molecule has 0 saturated carbocycles. The van der Waals surface area contributed by atoms with Crippen LogP contribution < -0.4 is 14.8 Å². The van der Waals surface area contributed by atoms with Gasteiger partial charge in [-0.05, 0) is 53.4 Å². The van der Waals surface area contributed by atoms with Crippen LogP contribution in [-0.4, -0.2) is 30.9 Å². The average Bonchev–Trinajstić information content (AvgIpc) is 2.94. The van der Waals surface area contributed by atoms with Gasteiger partial charge in [-0.15, -0.1) is 0 Å². The van der Waals surface area contributed by atoms with Crippen LogP contribution in [0.5, 0.6) is 11.5 Å². The smallest absolute Gasteiger partial charge is 0.251 e. The maximum Gasteiger partial charge on any atom is 0.251 e. The molecule has 39 heavy (non-hydrogen) atoms.